The molecule has 0 aliphatic heterocycles. The molecule has 0 fully saturated rings. The van der Waals surface area contributed by atoms with Crippen molar-refractivity contribution in [3.8, 4) is 0 Å². The summed E-state index contributed by atoms with van der Waals surface area (Å²) < 4.78 is 24.3. The van der Waals surface area contributed by atoms with Crippen LogP contribution < -0.4 is 5.43 Å². The average Bonchev–Trinajstić information content (AvgIpc) is 2.49. The van der Waals surface area contributed by atoms with Gasteiger partial charge < -0.3 is 9.47 Å². The zero-order valence-corrected chi connectivity index (χ0v) is 18.8. The van der Waals surface area contributed by atoms with Crippen LogP contribution in [0.4, 0.5) is 9.18 Å². The lowest BCUT2D eigenvalue weighted by Crippen LogP contribution is -2.44. The van der Waals surface area contributed by atoms with Gasteiger partial charge in [0.05, 0.1) is 6.42 Å². The molecule has 1 atom stereocenters. The molecule has 0 radical (unpaired) electrons. The third kappa shape index (κ3) is 14.4. The number of hydrogen-bond donors (Lipinski definition) is 1. The number of likely N-dealkylation sites (N-methyl/N-ethyl adjacent to an activating group) is 1. The number of azide groups is 1. The summed E-state index contributed by atoms with van der Waals surface area (Å²) >= 11 is 0. The molecule has 2 amide bonds. The highest BCUT2D eigenvalue weighted by Gasteiger charge is 2.26. The molecule has 0 rings (SSSR count). The Morgan fingerprint density at radius 1 is 1.13 bits per heavy atom. The maximum Gasteiger partial charge on any atom is 0.510 e. The lowest BCUT2D eigenvalue weighted by atomic mass is 10.1. The summed E-state index contributed by atoms with van der Waals surface area (Å²) in [6.45, 7) is 9.92. The Hall–Kier alpha value is -2.59. The second-order valence-electron chi connectivity index (χ2n) is 8.70. The second-order valence-corrected chi connectivity index (χ2v) is 8.70. The Morgan fingerprint density at radius 2 is 1.70 bits per heavy atom. The predicted molar refractivity (Wildman–Crippen MR) is 107 cm³/mol. The molecular formula is C18H33FN6O5. The first kappa shape index (κ1) is 27.4. The van der Waals surface area contributed by atoms with E-state index in [4.69, 9.17) is 15.0 Å². The summed E-state index contributed by atoms with van der Waals surface area (Å²) in [6.07, 6.45) is -2.63. The molecule has 12 heteroatoms. The van der Waals surface area contributed by atoms with Crippen molar-refractivity contribution in [1.82, 2.24) is 15.4 Å². The van der Waals surface area contributed by atoms with Gasteiger partial charge in [-0.25, -0.2) is 9.40 Å². The number of hydrazine groups is 1. The van der Waals surface area contributed by atoms with Crippen LogP contribution in [0.1, 0.15) is 60.8 Å². The van der Waals surface area contributed by atoms with Crippen LogP contribution in [-0.4, -0.2) is 65.5 Å². The largest absolute Gasteiger partial charge is 0.510 e. The summed E-state index contributed by atoms with van der Waals surface area (Å²) in [7, 11) is 1.47. The lowest BCUT2D eigenvalue weighted by Gasteiger charge is -2.23. The monoisotopic (exact) mass is 432 g/mol. The van der Waals surface area contributed by atoms with Crippen molar-refractivity contribution in [3.05, 3.63) is 10.4 Å². The normalized spacial score (nSPS) is 12.6. The molecule has 0 bridgehead atoms. The van der Waals surface area contributed by atoms with Gasteiger partial charge in [-0.1, -0.05) is 0 Å². The number of nitrogens with zero attached hydrogens (tertiary/aromatic N) is 5. The predicted octanol–water partition coefficient (Wildman–Crippen LogP) is 3.26. The van der Waals surface area contributed by atoms with E-state index in [2.05, 4.69) is 15.6 Å². The number of rotatable bonds is 10. The van der Waals surface area contributed by atoms with E-state index in [1.165, 1.54) is 12.1 Å². The van der Waals surface area contributed by atoms with Crippen LogP contribution in [0.5, 0.6) is 0 Å². The smallest absolute Gasteiger partial charge is 0.459 e. The average molecular weight is 432 g/mol. The Bertz CT molecular complexity index is 640. The standard InChI is InChI=1S/C18H33FN6O5/c1-17(2,3)29-15(27)12-24(7)21-14(26)11-13(19)9-8-10-25(23-22-20)16(28)30-18(4,5)6/h13H,8-12H2,1-7H3,(H,21,26)/t13-/m1/s1. The van der Waals surface area contributed by atoms with Crippen molar-refractivity contribution < 1.29 is 28.2 Å². The van der Waals surface area contributed by atoms with Crippen molar-refractivity contribution in [3.63, 3.8) is 0 Å². The number of esters is 1. The van der Waals surface area contributed by atoms with Crippen LogP contribution in [0.15, 0.2) is 5.22 Å². The molecule has 0 aliphatic rings. The van der Waals surface area contributed by atoms with Crippen LogP contribution in [-0.2, 0) is 19.1 Å². The summed E-state index contributed by atoms with van der Waals surface area (Å²) in [4.78, 5) is 38.1. The van der Waals surface area contributed by atoms with Gasteiger partial charge in [-0.05, 0) is 59.6 Å². The molecule has 0 heterocycles. The molecule has 0 saturated carbocycles. The number of ether oxygens (including phenoxy) is 2. The quantitative estimate of drug-likeness (QED) is 0.185. The van der Waals surface area contributed by atoms with Gasteiger partial charge in [0.2, 0.25) is 5.91 Å². The van der Waals surface area contributed by atoms with Crippen LogP contribution >= 0.6 is 0 Å². The number of nitrogens with one attached hydrogen (secondary N) is 1. The lowest BCUT2D eigenvalue weighted by molar-refractivity contribution is -0.156. The fraction of sp³-hybridized carbons (Fsp3) is 0.833. The van der Waals surface area contributed by atoms with E-state index in [0.717, 1.165) is 5.01 Å². The van der Waals surface area contributed by atoms with Gasteiger partial charge in [-0.15, -0.1) is 10.5 Å². The first-order valence-electron chi connectivity index (χ1n) is 9.55. The first-order chi connectivity index (χ1) is 13.6. The highest BCUT2D eigenvalue weighted by Crippen LogP contribution is 2.13. The van der Waals surface area contributed by atoms with Crippen LogP contribution in [0.2, 0.25) is 0 Å². The van der Waals surface area contributed by atoms with E-state index < -0.39 is 41.8 Å². The minimum absolute atomic E-state index is 0.0382. The molecule has 172 valence electrons. The van der Waals surface area contributed by atoms with Crippen LogP contribution in [0.25, 0.3) is 10.4 Å². The Morgan fingerprint density at radius 3 is 2.20 bits per heavy atom. The summed E-state index contributed by atoms with van der Waals surface area (Å²) in [5, 5.41) is 5.23. The van der Waals surface area contributed by atoms with Crippen molar-refractivity contribution in [2.24, 2.45) is 5.22 Å². The fourth-order valence-electron chi connectivity index (χ4n) is 2.17. The van der Waals surface area contributed by atoms with Gasteiger partial charge in [0.15, 0.2) is 0 Å². The van der Waals surface area contributed by atoms with E-state index >= 15 is 0 Å². The van der Waals surface area contributed by atoms with E-state index in [1.54, 1.807) is 41.5 Å². The minimum atomic E-state index is -1.48. The fourth-order valence-corrected chi connectivity index (χ4v) is 2.17. The van der Waals surface area contributed by atoms with Gasteiger partial charge in [0, 0.05) is 7.05 Å². The van der Waals surface area contributed by atoms with Crippen molar-refractivity contribution >= 4 is 18.0 Å². The van der Waals surface area contributed by atoms with E-state index in [9.17, 15) is 18.8 Å². The molecule has 1 N–H and O–H groups in total. The summed E-state index contributed by atoms with van der Waals surface area (Å²) in [5.41, 5.74) is 9.54. The number of alkyl halides is 1. The van der Waals surface area contributed by atoms with Crippen molar-refractivity contribution in [1.29, 1.82) is 0 Å². The molecule has 0 aromatic rings. The number of amides is 2. The number of hydrogen-bond acceptors (Lipinski definition) is 7. The summed E-state index contributed by atoms with van der Waals surface area (Å²) in [5.74, 6) is -1.13. The van der Waals surface area contributed by atoms with Gasteiger partial charge in [-0.2, -0.15) is 9.71 Å². The Labute approximate surface area is 176 Å². The topological polar surface area (TPSA) is 137 Å². The Balaban J connectivity index is 4.37. The number of carbonyl (C=O) groups excluding carboxylic acids is 3. The minimum Gasteiger partial charge on any atom is -0.459 e. The molecule has 0 aliphatic carbocycles. The van der Waals surface area contributed by atoms with Crippen molar-refractivity contribution in [2.75, 3.05) is 20.1 Å². The molecule has 30 heavy (non-hydrogen) atoms. The Kier molecular flexibility index (Phi) is 11.1. The van der Waals surface area contributed by atoms with Crippen LogP contribution in [0.3, 0.4) is 0 Å². The molecule has 0 unspecified atom stereocenters. The van der Waals surface area contributed by atoms with Gasteiger partial charge in [0.1, 0.15) is 30.5 Å². The zero-order valence-electron chi connectivity index (χ0n) is 18.8. The SMILES string of the molecule is CN(CC(=O)OC(C)(C)C)NC(=O)C[C@H](F)CCCN(N=[N+]=[N-])C(=O)OC(C)(C)C. The molecule has 0 aromatic carbocycles. The maximum absolute atomic E-state index is 14.1. The second kappa shape index (κ2) is 12.2. The van der Waals surface area contributed by atoms with Gasteiger partial charge in [0.25, 0.3) is 0 Å². The van der Waals surface area contributed by atoms with E-state index in [-0.39, 0.29) is 25.9 Å². The molecule has 0 aromatic heterocycles. The zero-order chi connectivity index (χ0) is 23.5. The van der Waals surface area contributed by atoms with Crippen LogP contribution in [0, 0.1) is 0 Å². The van der Waals surface area contributed by atoms with Gasteiger partial charge in [-0.3, -0.25) is 15.0 Å². The first-order valence-corrected chi connectivity index (χ1v) is 9.55. The molecule has 0 saturated heterocycles. The maximum atomic E-state index is 14.1. The summed E-state index contributed by atoms with van der Waals surface area (Å²) in [6, 6.07) is 0. The van der Waals surface area contributed by atoms with Crippen molar-refractivity contribution in [2.45, 2.75) is 78.2 Å². The third-order valence-electron chi connectivity index (χ3n) is 3.15. The molecular weight excluding hydrogens is 399 g/mol. The van der Waals surface area contributed by atoms with E-state index in [1.807, 2.05) is 0 Å². The number of carbonyl (C=O) groups is 3. The number of halogens is 1. The molecule has 0 spiro atoms. The molecule has 11 nitrogen and oxygen atoms in total. The highest BCUT2D eigenvalue weighted by molar-refractivity contribution is 5.77. The van der Waals surface area contributed by atoms with E-state index in [0.29, 0.717) is 0 Å². The third-order valence-corrected chi connectivity index (χ3v) is 3.15. The highest BCUT2D eigenvalue weighted by atomic mass is 19.1. The van der Waals surface area contributed by atoms with Gasteiger partial charge >= 0.3 is 12.1 Å².